The number of benzene rings is 2. The summed E-state index contributed by atoms with van der Waals surface area (Å²) >= 11 is 0. The van der Waals surface area contributed by atoms with Crippen molar-refractivity contribution in [2.75, 3.05) is 6.61 Å². The molecule has 0 radical (unpaired) electrons. The molecule has 0 unspecified atom stereocenters. The summed E-state index contributed by atoms with van der Waals surface area (Å²) in [7, 11) is 0. The van der Waals surface area contributed by atoms with Crippen LogP contribution in [0.1, 0.15) is 20.7 Å². The molecule has 1 heterocycles. The predicted molar refractivity (Wildman–Crippen MR) is 91.3 cm³/mol. The summed E-state index contributed by atoms with van der Waals surface area (Å²) in [5.41, 5.74) is 0.399. The first-order valence-electron chi connectivity index (χ1n) is 8.16. The van der Waals surface area contributed by atoms with Crippen molar-refractivity contribution in [3.63, 3.8) is 0 Å². The van der Waals surface area contributed by atoms with Crippen molar-refractivity contribution < 1.29 is 32.6 Å². The molecule has 0 spiro atoms. The summed E-state index contributed by atoms with van der Waals surface area (Å²) in [4.78, 5) is 24.2. The minimum absolute atomic E-state index is 0.128. The Bertz CT molecular complexity index is 821. The monoisotopic (exact) mass is 374 g/mol. The van der Waals surface area contributed by atoms with Crippen LogP contribution in [0.2, 0.25) is 0 Å². The van der Waals surface area contributed by atoms with E-state index in [9.17, 15) is 18.4 Å². The number of hydrogen-bond donors (Lipinski definition) is 0. The lowest BCUT2D eigenvalue weighted by atomic mass is 10.0. The molecule has 140 valence electrons. The Balaban J connectivity index is 1.70. The summed E-state index contributed by atoms with van der Waals surface area (Å²) in [6.45, 7) is -0.500. The summed E-state index contributed by atoms with van der Waals surface area (Å²) < 4.78 is 43.7. The van der Waals surface area contributed by atoms with Gasteiger partial charge < -0.3 is 14.2 Å². The van der Waals surface area contributed by atoms with Gasteiger partial charge in [-0.05, 0) is 24.3 Å². The molecular formula is C20H16F2O5. The number of carbonyl (C=O) groups excluding carboxylic acids is 2. The lowest BCUT2D eigenvalue weighted by Crippen LogP contribution is -2.50. The van der Waals surface area contributed by atoms with Gasteiger partial charge in [-0.3, -0.25) is 0 Å². The van der Waals surface area contributed by atoms with Gasteiger partial charge in [-0.15, -0.1) is 0 Å². The van der Waals surface area contributed by atoms with E-state index in [-0.39, 0.29) is 11.1 Å². The molecule has 1 aliphatic heterocycles. The van der Waals surface area contributed by atoms with Gasteiger partial charge >= 0.3 is 17.9 Å². The highest BCUT2D eigenvalue weighted by Crippen LogP contribution is 2.31. The normalized spacial score (nSPS) is 20.4. The Morgan fingerprint density at radius 2 is 1.48 bits per heavy atom. The first-order valence-corrected chi connectivity index (χ1v) is 8.16. The van der Waals surface area contributed by atoms with Gasteiger partial charge in [0.25, 0.3) is 0 Å². The second kappa shape index (κ2) is 7.99. The van der Waals surface area contributed by atoms with Gasteiger partial charge in [0, 0.05) is 6.08 Å². The van der Waals surface area contributed by atoms with Crippen LogP contribution < -0.4 is 0 Å². The van der Waals surface area contributed by atoms with Crippen molar-refractivity contribution in [2.24, 2.45) is 0 Å². The van der Waals surface area contributed by atoms with Crippen LogP contribution in [-0.4, -0.2) is 36.7 Å². The number of hydrogen-bond acceptors (Lipinski definition) is 5. The molecule has 3 rings (SSSR count). The third-order valence-electron chi connectivity index (χ3n) is 3.89. The summed E-state index contributed by atoms with van der Waals surface area (Å²) in [5, 5.41) is 0. The summed E-state index contributed by atoms with van der Waals surface area (Å²) in [5.74, 6) is -5.07. The van der Waals surface area contributed by atoms with Crippen LogP contribution in [-0.2, 0) is 14.2 Å². The number of rotatable bonds is 5. The topological polar surface area (TPSA) is 61.8 Å². The average Bonchev–Trinajstić information content (AvgIpc) is 2.69. The van der Waals surface area contributed by atoms with E-state index in [1.54, 1.807) is 36.4 Å². The minimum atomic E-state index is -3.47. The van der Waals surface area contributed by atoms with E-state index in [0.29, 0.717) is 6.08 Å². The number of ether oxygens (including phenoxy) is 3. The second-order valence-corrected chi connectivity index (χ2v) is 5.81. The first-order chi connectivity index (χ1) is 13.0. The number of carbonyl (C=O) groups is 2. The molecule has 0 amide bonds. The number of halogens is 2. The van der Waals surface area contributed by atoms with Gasteiger partial charge in [0.05, 0.1) is 17.4 Å². The Hall–Kier alpha value is -3.22. The van der Waals surface area contributed by atoms with Gasteiger partial charge in [-0.2, -0.15) is 8.78 Å². The molecule has 2 aromatic carbocycles. The van der Waals surface area contributed by atoms with Crippen molar-refractivity contribution in [3.8, 4) is 0 Å². The third kappa shape index (κ3) is 4.49. The molecule has 0 saturated heterocycles. The van der Waals surface area contributed by atoms with Crippen molar-refractivity contribution >= 4 is 11.9 Å². The molecule has 0 aliphatic carbocycles. The standard InChI is InChI=1S/C20H16F2O5/c21-20(22)11-12-25-16(13-26-18(23)14-7-3-1-4-8-14)17(20)27-19(24)15-9-5-2-6-10-15/h1-12,16-17H,13H2/t16-,17-/m1/s1. The van der Waals surface area contributed by atoms with Gasteiger partial charge in [0.2, 0.25) is 6.10 Å². The van der Waals surface area contributed by atoms with Crippen LogP contribution in [0.5, 0.6) is 0 Å². The zero-order chi connectivity index (χ0) is 19.3. The van der Waals surface area contributed by atoms with E-state index in [4.69, 9.17) is 14.2 Å². The van der Waals surface area contributed by atoms with E-state index in [2.05, 4.69) is 0 Å². The van der Waals surface area contributed by atoms with Crippen molar-refractivity contribution in [1.82, 2.24) is 0 Å². The molecule has 2 aromatic rings. The zero-order valence-corrected chi connectivity index (χ0v) is 14.1. The molecule has 0 N–H and O–H groups in total. The summed E-state index contributed by atoms with van der Waals surface area (Å²) in [6, 6.07) is 15.8. The molecule has 5 nitrogen and oxygen atoms in total. The third-order valence-corrected chi connectivity index (χ3v) is 3.89. The van der Waals surface area contributed by atoms with E-state index in [0.717, 1.165) is 6.26 Å². The lowest BCUT2D eigenvalue weighted by Gasteiger charge is -2.33. The fourth-order valence-corrected chi connectivity index (χ4v) is 2.50. The SMILES string of the molecule is O=C(OC[C@H]1OC=CC(F)(F)[C@@H]1OC(=O)c1ccccc1)c1ccccc1. The van der Waals surface area contributed by atoms with Crippen LogP contribution in [0.4, 0.5) is 8.78 Å². The van der Waals surface area contributed by atoms with Crippen molar-refractivity contribution in [1.29, 1.82) is 0 Å². The zero-order valence-electron chi connectivity index (χ0n) is 14.1. The maximum absolute atomic E-state index is 14.3. The van der Waals surface area contributed by atoms with Crippen LogP contribution in [0.15, 0.2) is 73.0 Å². The fraction of sp³-hybridized carbons (Fsp3) is 0.200. The largest absolute Gasteiger partial charge is 0.490 e. The van der Waals surface area contributed by atoms with Crippen LogP contribution >= 0.6 is 0 Å². The molecule has 27 heavy (non-hydrogen) atoms. The highest BCUT2D eigenvalue weighted by molar-refractivity contribution is 5.90. The Morgan fingerprint density at radius 3 is 2.07 bits per heavy atom. The van der Waals surface area contributed by atoms with Gasteiger partial charge in [0.1, 0.15) is 6.61 Å². The fourth-order valence-electron chi connectivity index (χ4n) is 2.50. The molecule has 0 aromatic heterocycles. The van der Waals surface area contributed by atoms with E-state index >= 15 is 0 Å². The Kier molecular flexibility index (Phi) is 5.49. The lowest BCUT2D eigenvalue weighted by molar-refractivity contribution is -0.154. The molecule has 2 atom stereocenters. The van der Waals surface area contributed by atoms with Crippen LogP contribution in [0, 0.1) is 0 Å². The smallest absolute Gasteiger partial charge is 0.338 e. The number of alkyl halides is 2. The van der Waals surface area contributed by atoms with Crippen molar-refractivity contribution in [3.05, 3.63) is 84.1 Å². The maximum Gasteiger partial charge on any atom is 0.338 e. The molecule has 0 saturated carbocycles. The Labute approximate surface area is 154 Å². The van der Waals surface area contributed by atoms with E-state index in [1.807, 2.05) is 0 Å². The first kappa shape index (κ1) is 18.6. The van der Waals surface area contributed by atoms with Crippen LogP contribution in [0.25, 0.3) is 0 Å². The van der Waals surface area contributed by atoms with E-state index < -0.39 is 36.7 Å². The molecule has 0 bridgehead atoms. The van der Waals surface area contributed by atoms with Gasteiger partial charge in [-0.1, -0.05) is 36.4 Å². The highest BCUT2D eigenvalue weighted by atomic mass is 19.3. The maximum atomic E-state index is 14.3. The number of esters is 2. The molecule has 7 heteroatoms. The highest BCUT2D eigenvalue weighted by Gasteiger charge is 2.49. The average molecular weight is 374 g/mol. The second-order valence-electron chi connectivity index (χ2n) is 5.81. The van der Waals surface area contributed by atoms with Gasteiger partial charge in [-0.25, -0.2) is 9.59 Å². The predicted octanol–water partition coefficient (Wildman–Crippen LogP) is 3.62. The molecule has 1 aliphatic rings. The van der Waals surface area contributed by atoms with Gasteiger partial charge in [0.15, 0.2) is 6.10 Å². The molecule has 0 fully saturated rings. The van der Waals surface area contributed by atoms with Crippen LogP contribution in [0.3, 0.4) is 0 Å². The van der Waals surface area contributed by atoms with E-state index in [1.165, 1.54) is 24.3 Å². The van der Waals surface area contributed by atoms with Crippen molar-refractivity contribution in [2.45, 2.75) is 18.1 Å². The Morgan fingerprint density at radius 1 is 0.926 bits per heavy atom. The summed E-state index contributed by atoms with van der Waals surface area (Å²) in [6.07, 6.45) is -1.96. The molecular weight excluding hydrogens is 358 g/mol. The minimum Gasteiger partial charge on any atom is -0.490 e. The quantitative estimate of drug-likeness (QED) is 0.748.